The van der Waals surface area contributed by atoms with E-state index in [-0.39, 0.29) is 0 Å². The van der Waals surface area contributed by atoms with Crippen molar-refractivity contribution >= 4 is 27.4 Å². The Hall–Kier alpha value is -1.03. The van der Waals surface area contributed by atoms with Gasteiger partial charge in [0.2, 0.25) is 0 Å². The number of imidazole rings is 1. The third-order valence-electron chi connectivity index (χ3n) is 4.12. The van der Waals surface area contributed by atoms with E-state index in [4.69, 9.17) is 4.98 Å². The van der Waals surface area contributed by atoms with Gasteiger partial charge in [0.1, 0.15) is 5.65 Å². The minimum absolute atomic E-state index is 0.842. The van der Waals surface area contributed by atoms with Gasteiger partial charge in [0.05, 0.1) is 5.69 Å². The average Bonchev–Trinajstić information content (AvgIpc) is 2.76. The van der Waals surface area contributed by atoms with Crippen molar-refractivity contribution in [2.24, 2.45) is 5.92 Å². The van der Waals surface area contributed by atoms with Crippen LogP contribution in [0, 0.1) is 5.92 Å². The highest BCUT2D eigenvalue weighted by molar-refractivity contribution is 9.08. The summed E-state index contributed by atoms with van der Waals surface area (Å²) in [6, 6.07) is 6.19. The third kappa shape index (κ3) is 2.38. The van der Waals surface area contributed by atoms with Crippen LogP contribution in [0.3, 0.4) is 0 Å². The van der Waals surface area contributed by atoms with Crippen LogP contribution in [0.2, 0.25) is 0 Å². The Morgan fingerprint density at radius 2 is 2.26 bits per heavy atom. The number of fused-ring (bicyclic) bond motifs is 1. The number of pyridine rings is 1. The van der Waals surface area contributed by atoms with Gasteiger partial charge < -0.3 is 9.30 Å². The molecular weight excluding hydrogens is 302 g/mol. The molecule has 0 atom stereocenters. The van der Waals surface area contributed by atoms with E-state index in [1.165, 1.54) is 25.0 Å². The minimum Gasteiger partial charge on any atom is -0.355 e. The standard InChI is InChI=1S/C15H20BrN3/c1-2-18(11-12-6-5-7-12)15-13(10-16)19-9-4-3-8-14(19)17-15/h3-4,8-9,12H,2,5-7,10-11H2,1H3. The molecule has 1 fully saturated rings. The Labute approximate surface area is 122 Å². The Kier molecular flexibility index (Phi) is 3.78. The molecule has 0 unspecified atom stereocenters. The van der Waals surface area contributed by atoms with Crippen molar-refractivity contribution in [2.75, 3.05) is 18.0 Å². The highest BCUT2D eigenvalue weighted by Crippen LogP contribution is 2.30. The number of nitrogens with zero attached hydrogens (tertiary/aromatic N) is 3. The molecule has 0 aromatic carbocycles. The van der Waals surface area contributed by atoms with Crippen molar-refractivity contribution in [1.82, 2.24) is 9.38 Å². The van der Waals surface area contributed by atoms with Gasteiger partial charge >= 0.3 is 0 Å². The van der Waals surface area contributed by atoms with Crippen LogP contribution in [0.1, 0.15) is 31.9 Å². The highest BCUT2D eigenvalue weighted by Gasteiger charge is 2.23. The fraction of sp³-hybridized carbons (Fsp3) is 0.533. The van der Waals surface area contributed by atoms with E-state index < -0.39 is 0 Å². The molecule has 4 heteroatoms. The first-order valence-corrected chi connectivity index (χ1v) is 8.22. The monoisotopic (exact) mass is 321 g/mol. The van der Waals surface area contributed by atoms with Gasteiger partial charge in [0.25, 0.3) is 0 Å². The molecule has 102 valence electrons. The molecule has 2 aromatic heterocycles. The zero-order chi connectivity index (χ0) is 13.2. The van der Waals surface area contributed by atoms with Crippen LogP contribution in [0.4, 0.5) is 5.82 Å². The molecule has 1 aliphatic rings. The second-order valence-corrected chi connectivity index (χ2v) is 5.84. The first-order chi connectivity index (χ1) is 9.33. The van der Waals surface area contributed by atoms with Crippen LogP contribution in [0.25, 0.3) is 5.65 Å². The van der Waals surface area contributed by atoms with Crippen LogP contribution in [-0.4, -0.2) is 22.5 Å². The second kappa shape index (κ2) is 5.53. The van der Waals surface area contributed by atoms with Gasteiger partial charge in [-0.25, -0.2) is 4.98 Å². The second-order valence-electron chi connectivity index (χ2n) is 5.28. The molecule has 0 radical (unpaired) electrons. The summed E-state index contributed by atoms with van der Waals surface area (Å²) in [6.07, 6.45) is 6.26. The molecule has 0 aliphatic heterocycles. The van der Waals surface area contributed by atoms with E-state index in [1.807, 2.05) is 6.07 Å². The maximum Gasteiger partial charge on any atom is 0.152 e. The highest BCUT2D eigenvalue weighted by atomic mass is 79.9. The molecule has 1 aliphatic carbocycles. The Morgan fingerprint density at radius 1 is 1.42 bits per heavy atom. The number of alkyl halides is 1. The topological polar surface area (TPSA) is 20.5 Å². The quantitative estimate of drug-likeness (QED) is 0.779. The SMILES string of the molecule is CCN(CC1CCC1)c1nc2ccccn2c1CBr. The van der Waals surface area contributed by atoms with Crippen molar-refractivity contribution in [2.45, 2.75) is 31.5 Å². The van der Waals surface area contributed by atoms with Crippen molar-refractivity contribution in [3.05, 3.63) is 30.1 Å². The van der Waals surface area contributed by atoms with E-state index in [9.17, 15) is 0 Å². The van der Waals surface area contributed by atoms with Gasteiger partial charge in [0, 0.05) is 24.6 Å². The lowest BCUT2D eigenvalue weighted by Crippen LogP contribution is -2.33. The van der Waals surface area contributed by atoms with Crippen molar-refractivity contribution in [3.63, 3.8) is 0 Å². The molecule has 0 saturated heterocycles. The molecule has 0 spiro atoms. The van der Waals surface area contributed by atoms with Crippen LogP contribution in [-0.2, 0) is 5.33 Å². The largest absolute Gasteiger partial charge is 0.355 e. The molecule has 3 rings (SSSR count). The summed E-state index contributed by atoms with van der Waals surface area (Å²) in [4.78, 5) is 7.26. The zero-order valence-corrected chi connectivity index (χ0v) is 12.9. The molecular formula is C15H20BrN3. The zero-order valence-electron chi connectivity index (χ0n) is 11.3. The molecule has 0 bridgehead atoms. The summed E-state index contributed by atoms with van der Waals surface area (Å²) >= 11 is 3.62. The number of halogens is 1. The summed E-state index contributed by atoms with van der Waals surface area (Å²) in [7, 11) is 0. The molecule has 19 heavy (non-hydrogen) atoms. The Bertz CT molecular complexity index is 560. The Balaban J connectivity index is 1.96. The first-order valence-electron chi connectivity index (χ1n) is 7.10. The number of aromatic nitrogens is 2. The molecule has 3 nitrogen and oxygen atoms in total. The van der Waals surface area contributed by atoms with Crippen molar-refractivity contribution in [1.29, 1.82) is 0 Å². The normalized spacial score (nSPS) is 15.7. The lowest BCUT2D eigenvalue weighted by molar-refractivity contribution is 0.318. The van der Waals surface area contributed by atoms with Crippen LogP contribution >= 0.6 is 15.9 Å². The molecule has 0 amide bonds. The van der Waals surface area contributed by atoms with Gasteiger partial charge in [-0.3, -0.25) is 0 Å². The summed E-state index contributed by atoms with van der Waals surface area (Å²) in [5.74, 6) is 2.02. The smallest absolute Gasteiger partial charge is 0.152 e. The minimum atomic E-state index is 0.842. The number of hydrogen-bond donors (Lipinski definition) is 0. The van der Waals surface area contributed by atoms with Gasteiger partial charge in [-0.05, 0) is 37.8 Å². The van der Waals surface area contributed by atoms with Crippen molar-refractivity contribution < 1.29 is 0 Å². The summed E-state index contributed by atoms with van der Waals surface area (Å²) in [5.41, 5.74) is 2.30. The maximum absolute atomic E-state index is 4.83. The van der Waals surface area contributed by atoms with Gasteiger partial charge in [-0.15, -0.1) is 0 Å². The van der Waals surface area contributed by atoms with E-state index >= 15 is 0 Å². The van der Waals surface area contributed by atoms with Crippen LogP contribution in [0.15, 0.2) is 24.4 Å². The lowest BCUT2D eigenvalue weighted by atomic mass is 9.85. The van der Waals surface area contributed by atoms with Crippen LogP contribution in [0.5, 0.6) is 0 Å². The van der Waals surface area contributed by atoms with Crippen molar-refractivity contribution in [3.8, 4) is 0 Å². The number of hydrogen-bond acceptors (Lipinski definition) is 2. The van der Waals surface area contributed by atoms with E-state index in [1.54, 1.807) is 0 Å². The van der Waals surface area contributed by atoms with E-state index in [0.717, 1.165) is 35.8 Å². The predicted molar refractivity (Wildman–Crippen MR) is 83.1 cm³/mol. The van der Waals surface area contributed by atoms with E-state index in [0.29, 0.717) is 0 Å². The average molecular weight is 322 g/mol. The summed E-state index contributed by atoms with van der Waals surface area (Å²) in [5, 5.41) is 0.842. The predicted octanol–water partition coefficient (Wildman–Crippen LogP) is 3.86. The summed E-state index contributed by atoms with van der Waals surface area (Å²) < 4.78 is 2.19. The molecule has 0 N–H and O–H groups in total. The fourth-order valence-electron chi connectivity index (χ4n) is 2.76. The molecule has 1 saturated carbocycles. The van der Waals surface area contributed by atoms with Gasteiger partial charge in [-0.2, -0.15) is 0 Å². The number of anilines is 1. The molecule has 2 aromatic rings. The van der Waals surface area contributed by atoms with Gasteiger partial charge in [-0.1, -0.05) is 28.4 Å². The first kappa shape index (κ1) is 13.0. The lowest BCUT2D eigenvalue weighted by Gasteiger charge is -2.32. The maximum atomic E-state index is 4.83. The summed E-state index contributed by atoms with van der Waals surface area (Å²) in [6.45, 7) is 4.40. The van der Waals surface area contributed by atoms with Crippen LogP contribution < -0.4 is 4.90 Å². The Morgan fingerprint density at radius 3 is 2.89 bits per heavy atom. The van der Waals surface area contributed by atoms with Gasteiger partial charge in [0.15, 0.2) is 5.82 Å². The third-order valence-corrected chi connectivity index (χ3v) is 4.65. The number of rotatable bonds is 5. The fourth-order valence-corrected chi connectivity index (χ4v) is 3.28. The van der Waals surface area contributed by atoms with E-state index in [2.05, 4.69) is 50.5 Å². The molecule has 2 heterocycles.